The molecular weight excluding hydrogens is 316 g/mol. The van der Waals surface area contributed by atoms with Gasteiger partial charge in [0, 0.05) is 25.9 Å². The number of amides is 2. The van der Waals surface area contributed by atoms with Gasteiger partial charge in [-0.15, -0.1) is 0 Å². The Kier molecular flexibility index (Phi) is 6.01. The number of nitrogens with one attached hydrogen (secondary N) is 1. The molecule has 2 amide bonds. The zero-order valence-electron chi connectivity index (χ0n) is 13.6. The molecule has 0 bridgehead atoms. The predicted molar refractivity (Wildman–Crippen MR) is 88.9 cm³/mol. The second kappa shape index (κ2) is 7.79. The third kappa shape index (κ3) is 5.51. The largest absolute Gasteiger partial charge is 0.376 e. The van der Waals surface area contributed by atoms with Gasteiger partial charge >= 0.3 is 6.03 Å². The Labute approximate surface area is 137 Å². The number of hydrogen-bond acceptors (Lipinski definition) is 4. The van der Waals surface area contributed by atoms with Gasteiger partial charge in [-0.3, -0.25) is 0 Å². The second-order valence-corrected chi connectivity index (χ2v) is 8.47. The van der Waals surface area contributed by atoms with Gasteiger partial charge in [-0.25, -0.2) is 13.2 Å². The molecule has 0 unspecified atom stereocenters. The van der Waals surface area contributed by atoms with Crippen LogP contribution in [0.2, 0.25) is 0 Å². The Morgan fingerprint density at radius 1 is 1.35 bits per heavy atom. The molecule has 1 aliphatic heterocycles. The Morgan fingerprint density at radius 3 is 2.61 bits per heavy atom. The van der Waals surface area contributed by atoms with Gasteiger partial charge in [0.15, 0.2) is 9.84 Å². The Morgan fingerprint density at radius 2 is 2.00 bits per heavy atom. The molecule has 0 aromatic heterocycles. The Hall–Kier alpha value is -1.60. The fourth-order valence-electron chi connectivity index (χ4n) is 2.26. The van der Waals surface area contributed by atoms with Gasteiger partial charge in [0.05, 0.1) is 18.5 Å². The van der Waals surface area contributed by atoms with Crippen LogP contribution >= 0.6 is 0 Å². The number of benzene rings is 1. The maximum atomic E-state index is 11.9. The lowest BCUT2D eigenvalue weighted by Crippen LogP contribution is -2.59. The van der Waals surface area contributed by atoms with E-state index in [0.717, 1.165) is 5.56 Å². The van der Waals surface area contributed by atoms with Crippen molar-refractivity contribution in [1.29, 1.82) is 0 Å². The first-order valence-electron chi connectivity index (χ1n) is 7.69. The van der Waals surface area contributed by atoms with Crippen molar-refractivity contribution in [2.45, 2.75) is 18.8 Å². The highest BCUT2D eigenvalue weighted by atomic mass is 32.2. The van der Waals surface area contributed by atoms with E-state index in [4.69, 9.17) is 4.74 Å². The summed E-state index contributed by atoms with van der Waals surface area (Å²) in [6, 6.07) is 9.72. The smallest absolute Gasteiger partial charge is 0.317 e. The zero-order valence-corrected chi connectivity index (χ0v) is 14.4. The fourth-order valence-corrected chi connectivity index (χ4v) is 3.16. The minimum Gasteiger partial charge on any atom is -0.376 e. The van der Waals surface area contributed by atoms with E-state index in [0.29, 0.717) is 19.8 Å². The van der Waals surface area contributed by atoms with E-state index in [1.54, 1.807) is 0 Å². The molecule has 0 saturated carbocycles. The van der Waals surface area contributed by atoms with Crippen LogP contribution in [0.4, 0.5) is 4.79 Å². The Balaban J connectivity index is 1.59. The molecule has 0 aliphatic carbocycles. The lowest BCUT2D eigenvalue weighted by atomic mass is 10.2. The maximum absolute atomic E-state index is 11.9. The molecule has 23 heavy (non-hydrogen) atoms. The number of urea groups is 1. The van der Waals surface area contributed by atoms with Gasteiger partial charge in [-0.1, -0.05) is 37.3 Å². The zero-order chi connectivity index (χ0) is 16.9. The van der Waals surface area contributed by atoms with Crippen molar-refractivity contribution < 1.29 is 17.9 Å². The van der Waals surface area contributed by atoms with Crippen molar-refractivity contribution in [3.05, 3.63) is 35.9 Å². The van der Waals surface area contributed by atoms with Gasteiger partial charge in [0.25, 0.3) is 0 Å². The molecule has 1 atom stereocenters. The minimum absolute atomic E-state index is 0.189. The molecule has 1 aromatic rings. The summed E-state index contributed by atoms with van der Waals surface area (Å²) in [6.07, 6.45) is 1.21. The number of sulfone groups is 1. The highest BCUT2D eigenvalue weighted by Crippen LogP contribution is 2.15. The quantitative estimate of drug-likeness (QED) is 0.811. The second-order valence-electron chi connectivity index (χ2n) is 6.15. The molecule has 1 aromatic carbocycles. The summed E-state index contributed by atoms with van der Waals surface area (Å²) in [5.41, 5.74) is 1.12. The van der Waals surface area contributed by atoms with E-state index >= 15 is 0 Å². The summed E-state index contributed by atoms with van der Waals surface area (Å²) >= 11 is 0. The minimum atomic E-state index is -3.04. The van der Waals surface area contributed by atoms with Crippen LogP contribution < -0.4 is 5.32 Å². The van der Waals surface area contributed by atoms with Crippen molar-refractivity contribution in [2.75, 3.05) is 32.5 Å². The van der Waals surface area contributed by atoms with E-state index < -0.39 is 15.1 Å². The van der Waals surface area contributed by atoms with Crippen LogP contribution in [0, 0.1) is 5.92 Å². The molecule has 1 N–H and O–H groups in total. The predicted octanol–water partition coefficient (Wildman–Crippen LogP) is 1.28. The molecule has 2 rings (SSSR count). The monoisotopic (exact) mass is 340 g/mol. The number of nitrogens with zero attached hydrogens (tertiary/aromatic N) is 1. The third-order valence-electron chi connectivity index (χ3n) is 3.86. The van der Waals surface area contributed by atoms with Gasteiger partial charge in [-0.2, -0.15) is 0 Å². The number of ether oxygens (including phenoxy) is 1. The van der Waals surface area contributed by atoms with Crippen LogP contribution in [0.3, 0.4) is 0 Å². The van der Waals surface area contributed by atoms with Crippen molar-refractivity contribution in [1.82, 2.24) is 10.2 Å². The van der Waals surface area contributed by atoms with E-state index in [9.17, 15) is 13.2 Å². The molecule has 1 aliphatic rings. The summed E-state index contributed by atoms with van der Waals surface area (Å²) in [4.78, 5) is 13.4. The average Bonchev–Trinajstić information content (AvgIpc) is 2.43. The summed E-state index contributed by atoms with van der Waals surface area (Å²) in [7, 11) is -3.04. The molecule has 6 nitrogen and oxygen atoms in total. The van der Waals surface area contributed by atoms with E-state index in [-0.39, 0.29) is 25.0 Å². The van der Waals surface area contributed by atoms with Crippen molar-refractivity contribution >= 4 is 15.9 Å². The lowest BCUT2D eigenvalue weighted by Gasteiger charge is -2.37. The highest BCUT2D eigenvalue weighted by molar-refractivity contribution is 7.91. The Bertz CT molecular complexity index is 612. The van der Waals surface area contributed by atoms with Crippen molar-refractivity contribution in [2.24, 2.45) is 5.92 Å². The SMILES string of the molecule is C[C@@H](CNC(=O)N1CC(S(C)(=O)=O)C1)COCc1ccccc1. The number of carbonyl (C=O) groups is 1. The van der Waals surface area contributed by atoms with Gasteiger partial charge in [0.2, 0.25) is 0 Å². The first-order chi connectivity index (χ1) is 10.9. The van der Waals surface area contributed by atoms with Crippen LogP contribution in [0.5, 0.6) is 0 Å². The van der Waals surface area contributed by atoms with Gasteiger partial charge in [0.1, 0.15) is 0 Å². The molecule has 1 heterocycles. The van der Waals surface area contributed by atoms with Crippen molar-refractivity contribution in [3.8, 4) is 0 Å². The molecule has 7 heteroatoms. The number of likely N-dealkylation sites (tertiary alicyclic amines) is 1. The number of hydrogen-bond donors (Lipinski definition) is 1. The summed E-state index contributed by atoms with van der Waals surface area (Å²) in [5.74, 6) is 0.189. The molecular formula is C16H24N2O4S. The maximum Gasteiger partial charge on any atom is 0.317 e. The van der Waals surface area contributed by atoms with Crippen LogP contribution in [-0.2, 0) is 21.2 Å². The number of carbonyl (C=O) groups excluding carboxylic acids is 1. The molecule has 128 valence electrons. The summed E-state index contributed by atoms with van der Waals surface area (Å²) < 4.78 is 28.2. The van der Waals surface area contributed by atoms with E-state index in [1.165, 1.54) is 11.2 Å². The van der Waals surface area contributed by atoms with Crippen LogP contribution in [-0.4, -0.2) is 57.1 Å². The topological polar surface area (TPSA) is 75.7 Å². The fraction of sp³-hybridized carbons (Fsp3) is 0.562. The van der Waals surface area contributed by atoms with Crippen LogP contribution in [0.1, 0.15) is 12.5 Å². The lowest BCUT2D eigenvalue weighted by molar-refractivity contribution is 0.0911. The molecule has 1 fully saturated rings. The van der Waals surface area contributed by atoms with E-state index in [1.807, 2.05) is 37.3 Å². The summed E-state index contributed by atoms with van der Waals surface area (Å²) in [6.45, 7) is 4.18. The third-order valence-corrected chi connectivity index (χ3v) is 5.37. The normalized spacial score (nSPS) is 16.7. The standard InChI is InChI=1S/C16H24N2O4S/c1-13(11-22-12-14-6-4-3-5-7-14)8-17-16(19)18-9-15(10-18)23(2,20)21/h3-7,13,15H,8-12H2,1-2H3,(H,17,19)/t13-/m0/s1. The van der Waals surface area contributed by atoms with Crippen LogP contribution in [0.15, 0.2) is 30.3 Å². The number of rotatable bonds is 7. The molecule has 0 spiro atoms. The first-order valence-corrected chi connectivity index (χ1v) is 9.65. The summed E-state index contributed by atoms with van der Waals surface area (Å²) in [5, 5.41) is 2.40. The molecule has 0 radical (unpaired) electrons. The first kappa shape index (κ1) is 17.7. The highest BCUT2D eigenvalue weighted by Gasteiger charge is 2.37. The average molecular weight is 340 g/mol. The van der Waals surface area contributed by atoms with Gasteiger partial charge < -0.3 is 15.0 Å². The van der Waals surface area contributed by atoms with Crippen LogP contribution in [0.25, 0.3) is 0 Å². The van der Waals surface area contributed by atoms with E-state index in [2.05, 4.69) is 5.32 Å². The van der Waals surface area contributed by atoms with Gasteiger partial charge in [-0.05, 0) is 11.5 Å². The molecule has 1 saturated heterocycles. The van der Waals surface area contributed by atoms with Crippen molar-refractivity contribution in [3.63, 3.8) is 0 Å².